The molecule has 0 spiro atoms. The van der Waals surface area contributed by atoms with Crippen LogP contribution in [0.25, 0.3) is 0 Å². The molecule has 0 aliphatic carbocycles. The fourth-order valence-corrected chi connectivity index (χ4v) is 4.15. The van der Waals surface area contributed by atoms with Crippen LogP contribution in [-0.4, -0.2) is 38.0 Å². The van der Waals surface area contributed by atoms with Crippen LogP contribution in [-0.2, 0) is 24.7 Å². The number of hydrogen-bond acceptors (Lipinski definition) is 7. The van der Waals surface area contributed by atoms with Gasteiger partial charge in [0.25, 0.3) is 10.8 Å². The second-order valence-electron chi connectivity index (χ2n) is 7.10. The van der Waals surface area contributed by atoms with Gasteiger partial charge < -0.3 is 14.3 Å². The van der Waals surface area contributed by atoms with Gasteiger partial charge >= 0.3 is 5.69 Å². The molecule has 9 nitrogen and oxygen atoms in total. The summed E-state index contributed by atoms with van der Waals surface area (Å²) in [6, 6.07) is 7.94. The second-order valence-corrected chi connectivity index (χ2v) is 8.03. The van der Waals surface area contributed by atoms with Crippen LogP contribution < -0.4 is 16.1 Å². The number of carbonyl (C=O) groups excluding carboxylic acids is 1. The number of nitrogens with one attached hydrogen (secondary N) is 1. The topological polar surface area (TPSA) is 114 Å². The van der Waals surface area contributed by atoms with Crippen LogP contribution in [0.15, 0.2) is 43.5 Å². The number of nitrogens with zero attached hydrogens (tertiary/aromatic N) is 4. The SMILES string of the molecule is Cc1[nH]c(=O)n(C)c(=O)c1Cc1nnc(SCC(=O)N2CCCc3ccccc32)o1. The number of rotatable bonds is 5. The summed E-state index contributed by atoms with van der Waals surface area (Å²) in [6.07, 6.45) is 2.02. The predicted octanol–water partition coefficient (Wildman–Crippen LogP) is 1.43. The van der Waals surface area contributed by atoms with E-state index in [4.69, 9.17) is 4.42 Å². The number of amides is 1. The number of carbonyl (C=O) groups is 1. The number of fused-ring (bicyclic) bond motifs is 1. The van der Waals surface area contributed by atoms with Gasteiger partial charge in [0.2, 0.25) is 11.8 Å². The van der Waals surface area contributed by atoms with Crippen LogP contribution in [0, 0.1) is 6.92 Å². The second kappa shape index (κ2) is 8.31. The maximum Gasteiger partial charge on any atom is 0.328 e. The monoisotopic (exact) mass is 427 g/mol. The molecule has 1 aliphatic heterocycles. The molecule has 3 heterocycles. The van der Waals surface area contributed by atoms with Gasteiger partial charge in [0.15, 0.2) is 0 Å². The zero-order chi connectivity index (χ0) is 21.3. The number of aromatic amines is 1. The molecule has 4 rings (SSSR count). The highest BCUT2D eigenvalue weighted by Crippen LogP contribution is 2.28. The summed E-state index contributed by atoms with van der Waals surface area (Å²) in [6.45, 7) is 2.35. The highest BCUT2D eigenvalue weighted by molar-refractivity contribution is 7.99. The van der Waals surface area contributed by atoms with Crippen molar-refractivity contribution in [1.29, 1.82) is 0 Å². The van der Waals surface area contributed by atoms with E-state index >= 15 is 0 Å². The van der Waals surface area contributed by atoms with Crippen molar-refractivity contribution in [2.45, 2.75) is 31.4 Å². The van der Waals surface area contributed by atoms with Gasteiger partial charge in [-0.15, -0.1) is 10.2 Å². The first-order valence-corrected chi connectivity index (χ1v) is 10.5. The molecular weight excluding hydrogens is 406 g/mol. The third kappa shape index (κ3) is 3.95. The molecule has 1 N–H and O–H groups in total. The summed E-state index contributed by atoms with van der Waals surface area (Å²) < 4.78 is 6.61. The highest BCUT2D eigenvalue weighted by atomic mass is 32.2. The number of hydrogen-bond donors (Lipinski definition) is 1. The molecule has 0 radical (unpaired) electrons. The lowest BCUT2D eigenvalue weighted by Crippen LogP contribution is -2.36. The quantitative estimate of drug-likeness (QED) is 0.613. The molecule has 2 aromatic heterocycles. The van der Waals surface area contributed by atoms with Gasteiger partial charge in [0.05, 0.1) is 12.2 Å². The van der Waals surface area contributed by atoms with Crippen LogP contribution in [0.5, 0.6) is 0 Å². The average molecular weight is 427 g/mol. The Morgan fingerprint density at radius 2 is 2.07 bits per heavy atom. The van der Waals surface area contributed by atoms with E-state index in [0.29, 0.717) is 17.8 Å². The molecule has 3 aromatic rings. The zero-order valence-electron chi connectivity index (χ0n) is 16.7. The lowest BCUT2D eigenvalue weighted by Gasteiger charge is -2.29. The van der Waals surface area contributed by atoms with Crippen LogP contribution >= 0.6 is 11.8 Å². The summed E-state index contributed by atoms with van der Waals surface area (Å²) in [5.41, 5.74) is 2.13. The van der Waals surface area contributed by atoms with E-state index in [0.717, 1.165) is 23.1 Å². The smallest absolute Gasteiger partial charge is 0.328 e. The van der Waals surface area contributed by atoms with Crippen molar-refractivity contribution in [1.82, 2.24) is 19.7 Å². The van der Waals surface area contributed by atoms with E-state index in [1.807, 2.05) is 18.2 Å². The lowest BCUT2D eigenvalue weighted by molar-refractivity contribution is -0.116. The number of thioether (sulfide) groups is 1. The van der Waals surface area contributed by atoms with E-state index < -0.39 is 11.2 Å². The number of benzene rings is 1. The summed E-state index contributed by atoms with van der Waals surface area (Å²) >= 11 is 1.17. The minimum absolute atomic E-state index is 0.0164. The van der Waals surface area contributed by atoms with Gasteiger partial charge in [0.1, 0.15) is 0 Å². The van der Waals surface area contributed by atoms with Gasteiger partial charge in [-0.1, -0.05) is 30.0 Å². The summed E-state index contributed by atoms with van der Waals surface area (Å²) in [7, 11) is 1.41. The van der Waals surface area contributed by atoms with Gasteiger partial charge in [-0.3, -0.25) is 14.2 Å². The molecule has 1 amide bonds. The van der Waals surface area contributed by atoms with Crippen molar-refractivity contribution in [3.05, 3.63) is 67.8 Å². The van der Waals surface area contributed by atoms with E-state index in [2.05, 4.69) is 21.2 Å². The summed E-state index contributed by atoms with van der Waals surface area (Å²) in [5.74, 6) is 0.410. The number of aryl methyl sites for hydroxylation is 2. The molecule has 0 atom stereocenters. The van der Waals surface area contributed by atoms with Crippen LogP contribution in [0.3, 0.4) is 0 Å². The van der Waals surface area contributed by atoms with Crippen molar-refractivity contribution in [3.8, 4) is 0 Å². The van der Waals surface area contributed by atoms with Crippen molar-refractivity contribution in [2.75, 3.05) is 17.2 Å². The van der Waals surface area contributed by atoms with Crippen LogP contribution in [0.2, 0.25) is 0 Å². The van der Waals surface area contributed by atoms with Crippen LogP contribution in [0.1, 0.15) is 29.1 Å². The molecule has 0 bridgehead atoms. The van der Waals surface area contributed by atoms with Gasteiger partial charge in [-0.05, 0) is 31.4 Å². The Balaban J connectivity index is 1.43. The van der Waals surface area contributed by atoms with E-state index in [1.165, 1.54) is 24.4 Å². The predicted molar refractivity (Wildman–Crippen MR) is 112 cm³/mol. The maximum absolute atomic E-state index is 12.7. The fourth-order valence-electron chi connectivity index (χ4n) is 3.50. The van der Waals surface area contributed by atoms with Gasteiger partial charge in [-0.2, -0.15) is 0 Å². The fraction of sp³-hybridized carbons (Fsp3) is 0.350. The largest absolute Gasteiger partial charge is 0.416 e. The molecule has 30 heavy (non-hydrogen) atoms. The molecular formula is C20H21N5O4S. The normalized spacial score (nSPS) is 13.3. The zero-order valence-corrected chi connectivity index (χ0v) is 17.5. The molecule has 1 aliphatic rings. The van der Waals surface area contributed by atoms with Gasteiger partial charge in [-0.25, -0.2) is 4.79 Å². The van der Waals surface area contributed by atoms with E-state index in [-0.39, 0.29) is 29.2 Å². The average Bonchev–Trinajstić information content (AvgIpc) is 3.20. The molecule has 1 aromatic carbocycles. The minimum atomic E-state index is -0.471. The first kappa shape index (κ1) is 20.1. The number of aromatic nitrogens is 4. The Kier molecular flexibility index (Phi) is 5.58. The number of H-pyrrole nitrogens is 1. The first-order valence-electron chi connectivity index (χ1n) is 9.56. The summed E-state index contributed by atoms with van der Waals surface area (Å²) in [4.78, 5) is 41.1. The van der Waals surface area contributed by atoms with Crippen molar-refractivity contribution in [3.63, 3.8) is 0 Å². The summed E-state index contributed by atoms with van der Waals surface area (Å²) in [5, 5.41) is 8.20. The maximum atomic E-state index is 12.7. The molecule has 0 saturated heterocycles. The standard InChI is InChI=1S/C20H21N5O4S/c1-12-14(18(27)24(2)19(28)21-12)10-16-22-23-20(29-16)30-11-17(26)25-9-5-7-13-6-3-4-8-15(13)25/h3-4,6,8H,5,7,9-11H2,1-2H3,(H,21,28). The molecule has 10 heteroatoms. The van der Waals surface area contributed by atoms with Crippen LogP contribution in [0.4, 0.5) is 5.69 Å². The highest BCUT2D eigenvalue weighted by Gasteiger charge is 2.23. The Hall–Kier alpha value is -3.14. The Bertz CT molecular complexity index is 1210. The Morgan fingerprint density at radius 3 is 2.90 bits per heavy atom. The number of anilines is 1. The molecule has 0 fully saturated rings. The molecule has 156 valence electrons. The number of para-hydroxylation sites is 1. The minimum Gasteiger partial charge on any atom is -0.416 e. The van der Waals surface area contributed by atoms with E-state index in [1.54, 1.807) is 11.8 Å². The molecule has 0 unspecified atom stereocenters. The Morgan fingerprint density at radius 1 is 1.27 bits per heavy atom. The van der Waals surface area contributed by atoms with E-state index in [9.17, 15) is 14.4 Å². The lowest BCUT2D eigenvalue weighted by atomic mass is 10.0. The third-order valence-corrected chi connectivity index (χ3v) is 5.92. The Labute approximate surface area is 176 Å². The first-order chi connectivity index (χ1) is 14.4. The van der Waals surface area contributed by atoms with Gasteiger partial charge in [0, 0.05) is 30.5 Å². The van der Waals surface area contributed by atoms with Crippen molar-refractivity contribution < 1.29 is 9.21 Å². The molecule has 0 saturated carbocycles. The van der Waals surface area contributed by atoms with Crippen molar-refractivity contribution >= 4 is 23.4 Å². The third-order valence-electron chi connectivity index (χ3n) is 5.12. The van der Waals surface area contributed by atoms with Crippen molar-refractivity contribution in [2.24, 2.45) is 7.05 Å².